The molecule has 0 saturated heterocycles. The molecule has 0 aliphatic heterocycles. The summed E-state index contributed by atoms with van der Waals surface area (Å²) < 4.78 is 10.9. The van der Waals surface area contributed by atoms with Crippen molar-refractivity contribution in [3.63, 3.8) is 0 Å². The maximum absolute atomic E-state index is 12.0. The molecule has 4 aromatic rings. The van der Waals surface area contributed by atoms with Crippen molar-refractivity contribution in [3.8, 4) is 22.6 Å². The second-order valence-electron chi connectivity index (χ2n) is 6.70. The molecule has 0 aliphatic carbocycles. The number of ether oxygens (including phenoxy) is 2. The summed E-state index contributed by atoms with van der Waals surface area (Å²) in [6.07, 6.45) is 0. The van der Waals surface area contributed by atoms with Crippen molar-refractivity contribution in [1.82, 2.24) is 0 Å². The van der Waals surface area contributed by atoms with Crippen LogP contribution in [0.5, 0.6) is 11.5 Å². The van der Waals surface area contributed by atoms with Crippen molar-refractivity contribution in [2.75, 3.05) is 14.2 Å². The zero-order chi connectivity index (χ0) is 21.4. The lowest BCUT2D eigenvalue weighted by Gasteiger charge is -2.16. The Morgan fingerprint density at radius 2 is 1.03 bits per heavy atom. The number of benzene rings is 4. The van der Waals surface area contributed by atoms with Gasteiger partial charge in [0.1, 0.15) is 11.5 Å². The average Bonchev–Trinajstić information content (AvgIpc) is 2.76. The molecule has 0 fully saturated rings. The van der Waals surface area contributed by atoms with Crippen molar-refractivity contribution in [1.29, 1.82) is 0 Å². The molecule has 6 heteroatoms. The Bertz CT molecular complexity index is 1220. The Balaban J connectivity index is 2.22. The number of aromatic carboxylic acids is 2. The van der Waals surface area contributed by atoms with E-state index >= 15 is 0 Å². The van der Waals surface area contributed by atoms with Crippen molar-refractivity contribution in [2.45, 2.75) is 0 Å². The van der Waals surface area contributed by atoms with Crippen LogP contribution in [0, 0.1) is 0 Å². The largest absolute Gasteiger partial charge is 0.496 e. The van der Waals surface area contributed by atoms with Gasteiger partial charge in [0.25, 0.3) is 0 Å². The summed E-state index contributed by atoms with van der Waals surface area (Å²) in [4.78, 5) is 24.0. The van der Waals surface area contributed by atoms with Crippen molar-refractivity contribution in [2.24, 2.45) is 0 Å². The fraction of sp³-hybridized carbons (Fsp3) is 0.0833. The number of carboxylic acids is 2. The molecule has 0 aromatic heterocycles. The Kier molecular flexibility index (Phi) is 4.75. The highest BCUT2D eigenvalue weighted by Gasteiger charge is 2.20. The minimum Gasteiger partial charge on any atom is -0.496 e. The van der Waals surface area contributed by atoms with Crippen LogP contribution in [0.15, 0.2) is 60.7 Å². The van der Waals surface area contributed by atoms with Gasteiger partial charge in [-0.1, -0.05) is 36.4 Å². The predicted octanol–water partition coefficient (Wildman–Crippen LogP) is 5.07. The zero-order valence-corrected chi connectivity index (χ0v) is 16.3. The molecule has 0 aliphatic rings. The lowest BCUT2D eigenvalue weighted by atomic mass is 9.89. The molecule has 0 unspecified atom stereocenters. The normalized spacial score (nSPS) is 10.9. The molecule has 0 amide bonds. The quantitative estimate of drug-likeness (QED) is 0.484. The Hall–Kier alpha value is -4.06. The smallest absolute Gasteiger partial charge is 0.336 e. The Morgan fingerprint density at radius 3 is 1.37 bits per heavy atom. The van der Waals surface area contributed by atoms with E-state index in [1.165, 1.54) is 26.4 Å². The summed E-state index contributed by atoms with van der Waals surface area (Å²) >= 11 is 0. The highest BCUT2D eigenvalue weighted by molar-refractivity contribution is 6.18. The molecule has 150 valence electrons. The van der Waals surface area contributed by atoms with E-state index in [1.807, 2.05) is 0 Å². The van der Waals surface area contributed by atoms with Crippen LogP contribution < -0.4 is 9.47 Å². The van der Waals surface area contributed by atoms with E-state index < -0.39 is 11.9 Å². The van der Waals surface area contributed by atoms with Crippen LogP contribution in [0.25, 0.3) is 32.7 Å². The highest BCUT2D eigenvalue weighted by Crippen LogP contribution is 2.41. The van der Waals surface area contributed by atoms with Gasteiger partial charge in [-0.25, -0.2) is 9.59 Å². The van der Waals surface area contributed by atoms with Crippen molar-refractivity contribution >= 4 is 33.5 Å². The summed E-state index contributed by atoms with van der Waals surface area (Å²) in [5.41, 5.74) is 1.42. The molecule has 0 saturated carbocycles. The number of carbonyl (C=O) groups is 2. The van der Waals surface area contributed by atoms with Gasteiger partial charge in [-0.3, -0.25) is 0 Å². The van der Waals surface area contributed by atoms with E-state index in [0.29, 0.717) is 44.2 Å². The molecule has 0 radical (unpaired) electrons. The van der Waals surface area contributed by atoms with Gasteiger partial charge >= 0.3 is 11.9 Å². The zero-order valence-electron chi connectivity index (χ0n) is 16.3. The lowest BCUT2D eigenvalue weighted by Crippen LogP contribution is -2.02. The van der Waals surface area contributed by atoms with Crippen molar-refractivity contribution in [3.05, 3.63) is 71.8 Å². The summed E-state index contributed by atoms with van der Waals surface area (Å²) in [5, 5.41) is 21.8. The van der Waals surface area contributed by atoms with E-state index in [4.69, 9.17) is 9.47 Å². The third-order valence-electron chi connectivity index (χ3n) is 5.19. The first kappa shape index (κ1) is 19.3. The van der Waals surface area contributed by atoms with Gasteiger partial charge in [0, 0.05) is 21.5 Å². The molecular weight excluding hydrogens is 384 g/mol. The molecule has 4 aromatic carbocycles. The number of methoxy groups -OCH3 is 2. The van der Waals surface area contributed by atoms with Gasteiger partial charge in [-0.2, -0.15) is 0 Å². The summed E-state index contributed by atoms with van der Waals surface area (Å²) in [5.74, 6) is -1.08. The van der Waals surface area contributed by atoms with Gasteiger partial charge in [-0.15, -0.1) is 0 Å². The Labute approximate surface area is 171 Å². The van der Waals surface area contributed by atoms with Crippen LogP contribution in [0.4, 0.5) is 0 Å². The third kappa shape index (κ3) is 2.90. The summed E-state index contributed by atoms with van der Waals surface area (Å²) in [6.45, 7) is 0. The topological polar surface area (TPSA) is 93.1 Å². The molecule has 30 heavy (non-hydrogen) atoms. The van der Waals surface area contributed by atoms with Crippen LogP contribution in [0.1, 0.15) is 20.7 Å². The molecule has 0 atom stereocenters. The third-order valence-corrected chi connectivity index (χ3v) is 5.19. The van der Waals surface area contributed by atoms with Crippen LogP contribution in [0.3, 0.4) is 0 Å². The van der Waals surface area contributed by atoms with E-state index in [2.05, 4.69) is 0 Å². The van der Waals surface area contributed by atoms with E-state index in [9.17, 15) is 19.8 Å². The first-order valence-corrected chi connectivity index (χ1v) is 9.14. The number of rotatable bonds is 5. The standard InChI is InChI=1S/C24H18O6/c1-29-19-11-9-17(23(25)26)21-13(5-3-7-15(19)21)14-6-4-8-16-20(30-2)12-10-18(22(14)16)24(27)28/h3-12H,1-2H3,(H,25,26)(H,27,28). The number of hydrogen-bond acceptors (Lipinski definition) is 4. The summed E-state index contributed by atoms with van der Waals surface area (Å²) in [7, 11) is 3.04. The molecule has 0 bridgehead atoms. The SMILES string of the molecule is COc1ccc(C(=O)O)c2c(-c3cccc4c(OC)ccc(C(=O)O)c34)cccc12. The van der Waals surface area contributed by atoms with E-state index in [1.54, 1.807) is 48.5 Å². The molecule has 6 nitrogen and oxygen atoms in total. The predicted molar refractivity (Wildman–Crippen MR) is 114 cm³/mol. The lowest BCUT2D eigenvalue weighted by molar-refractivity contribution is 0.0688. The number of carboxylic acid groups (broad SMARTS) is 2. The molecular formula is C24H18O6. The minimum absolute atomic E-state index is 0.109. The first-order valence-electron chi connectivity index (χ1n) is 9.14. The molecule has 0 spiro atoms. The molecule has 4 rings (SSSR count). The minimum atomic E-state index is -1.08. The highest BCUT2D eigenvalue weighted by atomic mass is 16.5. The van der Waals surface area contributed by atoms with Crippen LogP contribution in [-0.2, 0) is 0 Å². The van der Waals surface area contributed by atoms with E-state index in [0.717, 1.165) is 0 Å². The fourth-order valence-electron chi connectivity index (χ4n) is 3.92. The van der Waals surface area contributed by atoms with Gasteiger partial charge in [0.15, 0.2) is 0 Å². The molecule has 0 heterocycles. The van der Waals surface area contributed by atoms with Crippen molar-refractivity contribution < 1.29 is 29.3 Å². The van der Waals surface area contributed by atoms with Gasteiger partial charge in [0.05, 0.1) is 25.3 Å². The first-order chi connectivity index (χ1) is 14.5. The Morgan fingerprint density at radius 1 is 0.633 bits per heavy atom. The second kappa shape index (κ2) is 7.40. The summed E-state index contributed by atoms with van der Waals surface area (Å²) in [6, 6.07) is 17.0. The van der Waals surface area contributed by atoms with E-state index in [-0.39, 0.29) is 11.1 Å². The fourth-order valence-corrected chi connectivity index (χ4v) is 3.92. The van der Waals surface area contributed by atoms with Gasteiger partial charge < -0.3 is 19.7 Å². The average molecular weight is 402 g/mol. The van der Waals surface area contributed by atoms with Crippen LogP contribution in [0.2, 0.25) is 0 Å². The number of hydrogen-bond donors (Lipinski definition) is 2. The maximum atomic E-state index is 12.0. The number of fused-ring (bicyclic) bond motifs is 2. The van der Waals surface area contributed by atoms with Crippen LogP contribution in [-0.4, -0.2) is 36.4 Å². The molecule has 2 N–H and O–H groups in total. The second-order valence-corrected chi connectivity index (χ2v) is 6.70. The van der Waals surface area contributed by atoms with Gasteiger partial charge in [0.2, 0.25) is 0 Å². The maximum Gasteiger partial charge on any atom is 0.336 e. The van der Waals surface area contributed by atoms with Gasteiger partial charge in [-0.05, 0) is 35.4 Å². The van der Waals surface area contributed by atoms with Crippen LogP contribution >= 0.6 is 0 Å². The monoisotopic (exact) mass is 402 g/mol.